The van der Waals surface area contributed by atoms with E-state index in [1.807, 2.05) is 42.5 Å². The number of hydrogen-bond acceptors (Lipinski definition) is 2. The van der Waals surface area contributed by atoms with Gasteiger partial charge in [0, 0.05) is 32.9 Å². The summed E-state index contributed by atoms with van der Waals surface area (Å²) in [7, 11) is 0. The van der Waals surface area contributed by atoms with Crippen molar-refractivity contribution in [1.82, 2.24) is 9.13 Å². The predicted molar refractivity (Wildman–Crippen MR) is 195 cm³/mol. The minimum Gasteiger partial charge on any atom is -0.309 e. The maximum Gasteiger partial charge on any atom is 0.0992 e. The number of rotatable bonds is 4. The van der Waals surface area contributed by atoms with Gasteiger partial charge < -0.3 is 9.13 Å². The van der Waals surface area contributed by atoms with Crippen molar-refractivity contribution < 1.29 is 0 Å². The van der Waals surface area contributed by atoms with Crippen molar-refractivity contribution in [2.45, 2.75) is 0 Å². The van der Waals surface area contributed by atoms with Crippen molar-refractivity contribution in [2.24, 2.45) is 0 Å². The Bertz CT molecular complexity index is 2800. The van der Waals surface area contributed by atoms with Gasteiger partial charge in [-0.3, -0.25) is 0 Å². The molecule has 4 nitrogen and oxygen atoms in total. The molecule has 0 unspecified atom stereocenters. The van der Waals surface area contributed by atoms with Crippen LogP contribution in [0.25, 0.3) is 77.2 Å². The Kier molecular flexibility index (Phi) is 6.22. The van der Waals surface area contributed by atoms with E-state index in [0.717, 1.165) is 71.9 Å². The van der Waals surface area contributed by atoms with E-state index in [1.54, 1.807) is 0 Å². The number of hydrogen-bond donors (Lipinski definition) is 0. The second kappa shape index (κ2) is 10.9. The van der Waals surface area contributed by atoms with Crippen LogP contribution in [0.5, 0.6) is 0 Å². The van der Waals surface area contributed by atoms with E-state index < -0.39 is 0 Å². The van der Waals surface area contributed by atoms with Gasteiger partial charge >= 0.3 is 0 Å². The van der Waals surface area contributed by atoms with E-state index in [2.05, 4.69) is 137 Å². The molecule has 0 aliphatic carbocycles. The van der Waals surface area contributed by atoms with E-state index >= 15 is 0 Å². The molecule has 2 heterocycles. The number of nitriles is 2. The van der Waals surface area contributed by atoms with Gasteiger partial charge in [-0.15, -0.1) is 0 Å². The average Bonchev–Trinajstić information content (AvgIpc) is 3.67. The molecule has 0 bridgehead atoms. The van der Waals surface area contributed by atoms with Gasteiger partial charge in [0.1, 0.15) is 0 Å². The van der Waals surface area contributed by atoms with Gasteiger partial charge in [0.2, 0.25) is 0 Å². The van der Waals surface area contributed by atoms with E-state index in [9.17, 15) is 10.5 Å². The molecule has 0 saturated heterocycles. The summed E-state index contributed by atoms with van der Waals surface area (Å²) in [5, 5.41) is 23.9. The number of fused-ring (bicyclic) bond motifs is 6. The number of para-hydroxylation sites is 2. The predicted octanol–water partition coefficient (Wildman–Crippen LogP) is 11.0. The van der Waals surface area contributed by atoms with Crippen LogP contribution < -0.4 is 0 Å². The first-order chi connectivity index (χ1) is 23.7. The van der Waals surface area contributed by atoms with Gasteiger partial charge in [-0.05, 0) is 101 Å². The first-order valence-corrected chi connectivity index (χ1v) is 15.9. The summed E-state index contributed by atoms with van der Waals surface area (Å²) >= 11 is 0. The zero-order valence-corrected chi connectivity index (χ0v) is 25.8. The Morgan fingerprint density at radius 1 is 0.375 bits per heavy atom. The zero-order valence-electron chi connectivity index (χ0n) is 25.8. The maximum atomic E-state index is 9.65. The summed E-state index contributed by atoms with van der Waals surface area (Å²) in [6, 6.07) is 59.1. The third kappa shape index (κ3) is 4.22. The molecular formula is C44H26N4. The van der Waals surface area contributed by atoms with Crippen LogP contribution in [-0.4, -0.2) is 9.13 Å². The third-order valence-corrected chi connectivity index (χ3v) is 9.35. The lowest BCUT2D eigenvalue weighted by Crippen LogP contribution is -1.94. The van der Waals surface area contributed by atoms with E-state index in [0.29, 0.717) is 11.1 Å². The Morgan fingerprint density at radius 3 is 1.73 bits per heavy atom. The fraction of sp³-hybridized carbons (Fsp3) is 0. The fourth-order valence-electron chi connectivity index (χ4n) is 7.25. The first kappa shape index (κ1) is 27.4. The highest BCUT2D eigenvalue weighted by Gasteiger charge is 2.19. The maximum absolute atomic E-state index is 9.65. The topological polar surface area (TPSA) is 57.4 Å². The molecule has 0 aliphatic heterocycles. The van der Waals surface area contributed by atoms with Crippen LogP contribution >= 0.6 is 0 Å². The van der Waals surface area contributed by atoms with Gasteiger partial charge in [-0.1, -0.05) is 78.9 Å². The molecule has 7 aromatic carbocycles. The SMILES string of the molecule is N#Cc1cccc(-c2ccc3c(c2)c2cc(-c4cccc5c4c4ccccc4n5-c4cccc(C#N)c4)ccc2n3-c2ccccc2)c1. The molecule has 0 spiro atoms. The van der Waals surface area contributed by atoms with Crippen molar-refractivity contribution in [3.05, 3.63) is 169 Å². The largest absolute Gasteiger partial charge is 0.309 e. The van der Waals surface area contributed by atoms with Crippen molar-refractivity contribution in [2.75, 3.05) is 0 Å². The quantitative estimate of drug-likeness (QED) is 0.199. The van der Waals surface area contributed by atoms with Crippen molar-refractivity contribution in [3.8, 4) is 45.8 Å². The lowest BCUT2D eigenvalue weighted by atomic mass is 9.97. The van der Waals surface area contributed by atoms with Gasteiger partial charge in [-0.25, -0.2) is 0 Å². The number of benzene rings is 7. The second-order valence-electron chi connectivity index (χ2n) is 12.0. The molecule has 222 valence electrons. The number of nitrogens with zero attached hydrogens (tertiary/aromatic N) is 4. The molecular weight excluding hydrogens is 585 g/mol. The van der Waals surface area contributed by atoms with Gasteiger partial charge in [-0.2, -0.15) is 10.5 Å². The highest BCUT2D eigenvalue weighted by Crippen LogP contribution is 2.41. The molecule has 0 aliphatic rings. The van der Waals surface area contributed by atoms with Crippen LogP contribution in [0.4, 0.5) is 0 Å². The highest BCUT2D eigenvalue weighted by molar-refractivity contribution is 6.17. The molecule has 0 radical (unpaired) electrons. The summed E-state index contributed by atoms with van der Waals surface area (Å²) in [6.07, 6.45) is 0. The smallest absolute Gasteiger partial charge is 0.0992 e. The summed E-state index contributed by atoms with van der Waals surface area (Å²) in [4.78, 5) is 0. The molecule has 4 heteroatoms. The van der Waals surface area contributed by atoms with Crippen LogP contribution in [0.2, 0.25) is 0 Å². The monoisotopic (exact) mass is 610 g/mol. The lowest BCUT2D eigenvalue weighted by molar-refractivity contribution is 1.18. The second-order valence-corrected chi connectivity index (χ2v) is 12.0. The molecule has 9 rings (SSSR count). The van der Waals surface area contributed by atoms with Crippen LogP contribution in [-0.2, 0) is 0 Å². The van der Waals surface area contributed by atoms with Crippen LogP contribution in [0.3, 0.4) is 0 Å². The Morgan fingerprint density at radius 2 is 0.938 bits per heavy atom. The molecule has 0 amide bonds. The van der Waals surface area contributed by atoms with Gasteiger partial charge in [0.15, 0.2) is 0 Å². The average molecular weight is 611 g/mol. The van der Waals surface area contributed by atoms with Gasteiger partial charge in [0.05, 0.1) is 45.3 Å². The van der Waals surface area contributed by atoms with Gasteiger partial charge in [0.25, 0.3) is 0 Å². The zero-order chi connectivity index (χ0) is 32.2. The van der Waals surface area contributed by atoms with Crippen LogP contribution in [0, 0.1) is 22.7 Å². The summed E-state index contributed by atoms with van der Waals surface area (Å²) in [5.74, 6) is 0. The Hall–Kier alpha value is -6.88. The Labute approximate surface area is 277 Å². The normalized spacial score (nSPS) is 11.3. The summed E-state index contributed by atoms with van der Waals surface area (Å²) in [5.41, 5.74) is 12.2. The summed E-state index contributed by atoms with van der Waals surface area (Å²) in [6.45, 7) is 0. The summed E-state index contributed by atoms with van der Waals surface area (Å²) < 4.78 is 4.59. The molecule has 9 aromatic rings. The van der Waals surface area contributed by atoms with E-state index in [1.165, 1.54) is 5.39 Å². The molecule has 0 saturated carbocycles. The molecule has 0 atom stereocenters. The van der Waals surface area contributed by atoms with Crippen LogP contribution in [0.1, 0.15) is 11.1 Å². The fourth-order valence-corrected chi connectivity index (χ4v) is 7.25. The van der Waals surface area contributed by atoms with Crippen LogP contribution in [0.15, 0.2) is 158 Å². The third-order valence-electron chi connectivity index (χ3n) is 9.35. The molecule has 48 heavy (non-hydrogen) atoms. The minimum absolute atomic E-state index is 0.633. The highest BCUT2D eigenvalue weighted by atomic mass is 15.0. The molecule has 0 fully saturated rings. The first-order valence-electron chi connectivity index (χ1n) is 15.9. The van der Waals surface area contributed by atoms with E-state index in [4.69, 9.17) is 0 Å². The minimum atomic E-state index is 0.633. The van der Waals surface area contributed by atoms with Crippen molar-refractivity contribution >= 4 is 43.6 Å². The standard InChI is InChI=1S/C44H26N4/c45-27-29-9-6-11-31(23-29)32-19-21-41-38(25-32)39-26-33(20-22-42(39)47(41)34-12-2-1-3-13-34)36-16-8-18-43-44(36)37-15-4-5-17-40(37)48(43)35-14-7-10-30(24-35)28-46/h1-26H. The molecule has 2 aromatic heterocycles. The van der Waals surface area contributed by atoms with Crippen molar-refractivity contribution in [1.29, 1.82) is 10.5 Å². The van der Waals surface area contributed by atoms with E-state index in [-0.39, 0.29) is 0 Å². The number of aromatic nitrogens is 2. The lowest BCUT2D eigenvalue weighted by Gasteiger charge is -2.10. The van der Waals surface area contributed by atoms with Crippen molar-refractivity contribution in [3.63, 3.8) is 0 Å². The Balaban J connectivity index is 1.32. The molecule has 0 N–H and O–H groups in total.